The van der Waals surface area contributed by atoms with Gasteiger partial charge in [0.15, 0.2) is 0 Å². The van der Waals surface area contributed by atoms with Gasteiger partial charge in [-0.05, 0) is 20.8 Å². The Hall–Kier alpha value is -0.830. The maximum absolute atomic E-state index is 4.12. The van der Waals surface area contributed by atoms with E-state index in [2.05, 4.69) is 57.1 Å². The van der Waals surface area contributed by atoms with Gasteiger partial charge in [-0.1, -0.05) is 20.8 Å². The molecular weight excluding hydrogens is 186 g/mol. The first kappa shape index (κ1) is 12.2. The van der Waals surface area contributed by atoms with E-state index in [4.69, 9.17) is 0 Å². The van der Waals surface area contributed by atoms with E-state index in [0.29, 0.717) is 0 Å². The smallest absolute Gasteiger partial charge is 0.0535 e. The van der Waals surface area contributed by atoms with Crippen LogP contribution in [0.5, 0.6) is 0 Å². The minimum Gasteiger partial charge on any atom is -0.308 e. The molecule has 2 N–H and O–H groups in total. The van der Waals surface area contributed by atoms with Gasteiger partial charge in [0.25, 0.3) is 0 Å². The van der Waals surface area contributed by atoms with Crippen molar-refractivity contribution >= 4 is 0 Å². The van der Waals surface area contributed by atoms with Crippen LogP contribution in [0.3, 0.4) is 0 Å². The van der Waals surface area contributed by atoms with Crippen molar-refractivity contribution < 1.29 is 0 Å². The Morgan fingerprint density at radius 1 is 1.20 bits per heavy atom. The van der Waals surface area contributed by atoms with Crippen LogP contribution in [-0.4, -0.2) is 15.7 Å². The van der Waals surface area contributed by atoms with E-state index in [1.807, 2.05) is 6.20 Å². The Labute approximate surface area is 92.7 Å². The molecule has 1 aromatic rings. The molecule has 0 atom stereocenters. The van der Waals surface area contributed by atoms with Gasteiger partial charge in [-0.2, -0.15) is 5.10 Å². The van der Waals surface area contributed by atoms with Crippen molar-refractivity contribution in [3.63, 3.8) is 0 Å². The first-order valence-electron chi connectivity index (χ1n) is 5.48. The van der Waals surface area contributed by atoms with Crippen LogP contribution in [0.2, 0.25) is 0 Å². The number of aromatic amines is 1. The molecule has 15 heavy (non-hydrogen) atoms. The molecule has 0 aliphatic carbocycles. The maximum Gasteiger partial charge on any atom is 0.0535 e. The lowest BCUT2D eigenvalue weighted by Crippen LogP contribution is -2.35. The average Bonchev–Trinajstić information content (AvgIpc) is 2.45. The topological polar surface area (TPSA) is 40.7 Å². The Bertz CT molecular complexity index is 312. The minimum atomic E-state index is 0.130. The number of H-pyrrole nitrogens is 1. The first-order valence-corrected chi connectivity index (χ1v) is 5.48. The number of nitrogens with zero attached hydrogens (tertiary/aromatic N) is 1. The summed E-state index contributed by atoms with van der Waals surface area (Å²) >= 11 is 0. The lowest BCUT2D eigenvalue weighted by atomic mass is 9.89. The molecule has 0 aliphatic rings. The van der Waals surface area contributed by atoms with Crippen molar-refractivity contribution in [1.82, 2.24) is 15.5 Å². The fourth-order valence-electron chi connectivity index (χ4n) is 1.45. The standard InChI is InChI=1S/C12H23N3/c1-11(2,3)10-9(8-14-15-10)7-13-12(4,5)6/h8,13H,7H2,1-6H3,(H,14,15). The SMILES string of the molecule is CC(C)(C)NCc1cn[nH]c1C(C)(C)C. The van der Waals surface area contributed by atoms with Crippen LogP contribution in [0.25, 0.3) is 0 Å². The van der Waals surface area contributed by atoms with Crippen molar-refractivity contribution in [3.8, 4) is 0 Å². The fourth-order valence-corrected chi connectivity index (χ4v) is 1.45. The van der Waals surface area contributed by atoms with Crippen molar-refractivity contribution in [2.45, 2.75) is 59.0 Å². The molecule has 0 spiro atoms. The van der Waals surface area contributed by atoms with Gasteiger partial charge >= 0.3 is 0 Å². The second kappa shape index (κ2) is 3.97. The highest BCUT2D eigenvalue weighted by molar-refractivity contribution is 5.23. The molecule has 0 bridgehead atoms. The zero-order chi connectivity index (χ0) is 11.7. The summed E-state index contributed by atoms with van der Waals surface area (Å²) in [5.74, 6) is 0. The molecule has 0 aliphatic heterocycles. The molecule has 1 heterocycles. The molecule has 0 radical (unpaired) electrons. The van der Waals surface area contributed by atoms with Crippen LogP contribution in [0, 0.1) is 0 Å². The molecule has 0 aromatic carbocycles. The third kappa shape index (κ3) is 3.67. The minimum absolute atomic E-state index is 0.130. The number of hydrogen-bond donors (Lipinski definition) is 2. The second-order valence-electron chi connectivity index (χ2n) is 6.12. The highest BCUT2D eigenvalue weighted by Gasteiger charge is 2.20. The van der Waals surface area contributed by atoms with Gasteiger partial charge < -0.3 is 5.32 Å². The normalized spacial score (nSPS) is 13.2. The number of aromatic nitrogens is 2. The van der Waals surface area contributed by atoms with E-state index < -0.39 is 0 Å². The monoisotopic (exact) mass is 209 g/mol. The summed E-state index contributed by atoms with van der Waals surface area (Å²) in [6.07, 6.45) is 1.92. The summed E-state index contributed by atoms with van der Waals surface area (Å²) in [4.78, 5) is 0. The van der Waals surface area contributed by atoms with Gasteiger partial charge in [0.1, 0.15) is 0 Å². The van der Waals surface area contributed by atoms with Crippen molar-refractivity contribution in [2.75, 3.05) is 0 Å². The van der Waals surface area contributed by atoms with Gasteiger partial charge in [-0.25, -0.2) is 0 Å². The molecule has 0 saturated carbocycles. The molecular formula is C12H23N3. The Morgan fingerprint density at radius 2 is 1.80 bits per heavy atom. The summed E-state index contributed by atoms with van der Waals surface area (Å²) in [7, 11) is 0. The first-order chi connectivity index (χ1) is 6.70. The van der Waals surface area contributed by atoms with Crippen molar-refractivity contribution in [3.05, 3.63) is 17.5 Å². The predicted molar refractivity (Wildman–Crippen MR) is 63.9 cm³/mol. The molecule has 1 aromatic heterocycles. The zero-order valence-corrected chi connectivity index (χ0v) is 10.7. The Balaban J connectivity index is 2.75. The van der Waals surface area contributed by atoms with Gasteiger partial charge in [-0.3, -0.25) is 5.10 Å². The maximum atomic E-state index is 4.12. The summed E-state index contributed by atoms with van der Waals surface area (Å²) < 4.78 is 0. The van der Waals surface area contributed by atoms with E-state index in [9.17, 15) is 0 Å². The van der Waals surface area contributed by atoms with E-state index in [1.54, 1.807) is 0 Å². The van der Waals surface area contributed by atoms with Crippen molar-refractivity contribution in [2.24, 2.45) is 0 Å². The molecule has 86 valence electrons. The largest absolute Gasteiger partial charge is 0.308 e. The quantitative estimate of drug-likeness (QED) is 0.786. The van der Waals surface area contributed by atoms with Crippen LogP contribution in [0.1, 0.15) is 52.8 Å². The van der Waals surface area contributed by atoms with Gasteiger partial charge in [0.05, 0.1) is 6.20 Å². The van der Waals surface area contributed by atoms with Crippen LogP contribution in [0.4, 0.5) is 0 Å². The highest BCUT2D eigenvalue weighted by atomic mass is 15.1. The lowest BCUT2D eigenvalue weighted by molar-refractivity contribution is 0.420. The summed E-state index contributed by atoms with van der Waals surface area (Å²) in [6, 6.07) is 0. The summed E-state index contributed by atoms with van der Waals surface area (Å²) in [5, 5.41) is 10.7. The molecule has 0 fully saturated rings. The molecule has 1 rings (SSSR count). The predicted octanol–water partition coefficient (Wildman–Crippen LogP) is 2.60. The molecule has 0 saturated heterocycles. The molecule has 0 unspecified atom stereocenters. The lowest BCUT2D eigenvalue weighted by Gasteiger charge is -2.23. The van der Waals surface area contributed by atoms with Gasteiger partial charge in [0.2, 0.25) is 0 Å². The Kier molecular flexibility index (Phi) is 3.24. The third-order valence-electron chi connectivity index (χ3n) is 2.28. The fraction of sp³-hybridized carbons (Fsp3) is 0.750. The Morgan fingerprint density at radius 3 is 2.27 bits per heavy atom. The van der Waals surface area contributed by atoms with Crippen LogP contribution < -0.4 is 5.32 Å². The van der Waals surface area contributed by atoms with Gasteiger partial charge in [0, 0.05) is 28.8 Å². The highest BCUT2D eigenvalue weighted by Crippen LogP contribution is 2.23. The van der Waals surface area contributed by atoms with E-state index in [0.717, 1.165) is 6.54 Å². The van der Waals surface area contributed by atoms with E-state index >= 15 is 0 Å². The van der Waals surface area contributed by atoms with E-state index in [1.165, 1.54) is 11.3 Å². The summed E-state index contributed by atoms with van der Waals surface area (Å²) in [6.45, 7) is 14.0. The number of nitrogens with one attached hydrogen (secondary N) is 2. The summed E-state index contributed by atoms with van der Waals surface area (Å²) in [5.41, 5.74) is 2.76. The molecule has 3 nitrogen and oxygen atoms in total. The van der Waals surface area contributed by atoms with Gasteiger partial charge in [-0.15, -0.1) is 0 Å². The zero-order valence-electron chi connectivity index (χ0n) is 10.7. The average molecular weight is 209 g/mol. The van der Waals surface area contributed by atoms with Crippen LogP contribution >= 0.6 is 0 Å². The molecule has 3 heteroatoms. The van der Waals surface area contributed by atoms with Crippen molar-refractivity contribution in [1.29, 1.82) is 0 Å². The van der Waals surface area contributed by atoms with E-state index in [-0.39, 0.29) is 11.0 Å². The van der Waals surface area contributed by atoms with Crippen LogP contribution in [-0.2, 0) is 12.0 Å². The molecule has 0 amide bonds. The second-order valence-corrected chi connectivity index (χ2v) is 6.12. The number of hydrogen-bond acceptors (Lipinski definition) is 2. The number of rotatable bonds is 2. The van der Waals surface area contributed by atoms with Crippen LogP contribution in [0.15, 0.2) is 6.20 Å². The third-order valence-corrected chi connectivity index (χ3v) is 2.28.